The molecule has 0 radical (unpaired) electrons. The van der Waals surface area contributed by atoms with Crippen molar-refractivity contribution in [3.05, 3.63) is 12.4 Å². The maximum absolute atomic E-state index is 12.2. The van der Waals surface area contributed by atoms with Crippen LogP contribution in [0.15, 0.2) is 12.4 Å². The molecule has 0 spiro atoms. The zero-order valence-corrected chi connectivity index (χ0v) is 14.8. The van der Waals surface area contributed by atoms with E-state index in [1.807, 2.05) is 0 Å². The molecule has 24 heavy (non-hydrogen) atoms. The van der Waals surface area contributed by atoms with E-state index in [1.165, 1.54) is 23.7 Å². The van der Waals surface area contributed by atoms with Crippen LogP contribution in [0.2, 0.25) is 0 Å². The summed E-state index contributed by atoms with van der Waals surface area (Å²) in [6.07, 6.45) is 8.64. The Morgan fingerprint density at radius 3 is 2.88 bits per heavy atom. The second-order valence-electron chi connectivity index (χ2n) is 7.24. The van der Waals surface area contributed by atoms with Crippen molar-refractivity contribution in [1.29, 1.82) is 0 Å². The van der Waals surface area contributed by atoms with Crippen molar-refractivity contribution in [3.8, 4) is 0 Å². The van der Waals surface area contributed by atoms with Gasteiger partial charge in [0.2, 0.25) is 12.3 Å². The van der Waals surface area contributed by atoms with Crippen LogP contribution in [0.25, 0.3) is 0 Å². The van der Waals surface area contributed by atoms with Crippen LogP contribution in [0, 0.1) is 5.41 Å². The molecule has 1 N–H and O–H groups in total. The van der Waals surface area contributed by atoms with Crippen LogP contribution in [0.4, 0.5) is 5.69 Å². The highest BCUT2D eigenvalue weighted by Gasteiger charge is 2.27. The second-order valence-corrected chi connectivity index (χ2v) is 7.24. The third-order valence-corrected chi connectivity index (χ3v) is 4.65. The van der Waals surface area contributed by atoms with E-state index < -0.39 is 0 Å². The summed E-state index contributed by atoms with van der Waals surface area (Å²) in [6.45, 7) is 5.89. The Morgan fingerprint density at radius 2 is 2.21 bits per heavy atom. The maximum Gasteiger partial charge on any atom is 0.244 e. The fraction of sp³-hybridized carbons (Fsp3) is 0.706. The van der Waals surface area contributed by atoms with E-state index in [1.54, 1.807) is 18.1 Å². The van der Waals surface area contributed by atoms with Gasteiger partial charge in [0, 0.05) is 19.8 Å². The zero-order chi connectivity index (χ0) is 17.6. The average molecular weight is 336 g/mol. The highest BCUT2D eigenvalue weighted by molar-refractivity contribution is 5.76. The Balaban J connectivity index is 1.67. The minimum Gasteiger partial charge on any atom is -0.376 e. The fourth-order valence-corrected chi connectivity index (χ4v) is 2.87. The Kier molecular flexibility index (Phi) is 6.36. The Hall–Kier alpha value is -1.89. The fourth-order valence-electron chi connectivity index (χ4n) is 2.87. The van der Waals surface area contributed by atoms with Gasteiger partial charge in [-0.2, -0.15) is 5.10 Å². The number of carbonyl (C=O) groups excluding carboxylic acids is 2. The van der Waals surface area contributed by atoms with Crippen molar-refractivity contribution in [1.82, 2.24) is 14.7 Å². The van der Waals surface area contributed by atoms with Gasteiger partial charge in [0.15, 0.2) is 0 Å². The summed E-state index contributed by atoms with van der Waals surface area (Å²) in [5, 5.41) is 6.54. The summed E-state index contributed by atoms with van der Waals surface area (Å²) >= 11 is 0. The summed E-state index contributed by atoms with van der Waals surface area (Å²) in [5.41, 5.74) is 1.01. The third-order valence-electron chi connectivity index (χ3n) is 4.65. The topological polar surface area (TPSA) is 76.5 Å². The van der Waals surface area contributed by atoms with Gasteiger partial charge in [0.25, 0.3) is 0 Å². The molecule has 1 aliphatic carbocycles. The van der Waals surface area contributed by atoms with E-state index in [4.69, 9.17) is 4.74 Å². The number of nitrogens with one attached hydrogen (secondary N) is 1. The Bertz CT molecular complexity index is 546. The lowest BCUT2D eigenvalue weighted by Crippen LogP contribution is -2.34. The van der Waals surface area contributed by atoms with Gasteiger partial charge in [0.1, 0.15) is 6.54 Å². The number of hydrogen-bond acceptors (Lipinski definition) is 4. The molecule has 134 valence electrons. The average Bonchev–Trinajstić information content (AvgIpc) is 2.96. The molecule has 2 amide bonds. The van der Waals surface area contributed by atoms with Crippen molar-refractivity contribution in [3.63, 3.8) is 0 Å². The lowest BCUT2D eigenvalue weighted by atomic mass is 9.76. The number of anilines is 1. The molecule has 1 fully saturated rings. The van der Waals surface area contributed by atoms with E-state index in [0.29, 0.717) is 36.8 Å². The number of carbonyl (C=O) groups is 2. The number of likely N-dealkylation sites (N-methyl/N-ethyl adjacent to an activating group) is 1. The van der Waals surface area contributed by atoms with Gasteiger partial charge < -0.3 is 15.0 Å². The van der Waals surface area contributed by atoms with Crippen LogP contribution in [0.3, 0.4) is 0 Å². The van der Waals surface area contributed by atoms with Gasteiger partial charge in [-0.15, -0.1) is 0 Å². The highest BCUT2D eigenvalue weighted by atomic mass is 16.5. The summed E-state index contributed by atoms with van der Waals surface area (Å²) < 4.78 is 7.43. The smallest absolute Gasteiger partial charge is 0.244 e. The lowest BCUT2D eigenvalue weighted by molar-refractivity contribution is -0.131. The van der Waals surface area contributed by atoms with E-state index in [-0.39, 0.29) is 12.5 Å². The normalized spacial score (nSPS) is 17.5. The van der Waals surface area contributed by atoms with E-state index in [2.05, 4.69) is 24.3 Å². The molecule has 0 aliphatic heterocycles. The lowest BCUT2D eigenvalue weighted by Gasteiger charge is -2.34. The summed E-state index contributed by atoms with van der Waals surface area (Å²) in [5.74, 6) is -0.0378. The molecule has 1 aliphatic rings. The van der Waals surface area contributed by atoms with E-state index in [0.717, 1.165) is 12.8 Å². The zero-order valence-electron chi connectivity index (χ0n) is 14.8. The monoisotopic (exact) mass is 336 g/mol. The summed E-state index contributed by atoms with van der Waals surface area (Å²) in [4.78, 5) is 24.2. The molecule has 0 bridgehead atoms. The van der Waals surface area contributed by atoms with Gasteiger partial charge in [-0.25, -0.2) is 0 Å². The Morgan fingerprint density at radius 1 is 1.50 bits per heavy atom. The predicted molar refractivity (Wildman–Crippen MR) is 91.5 cm³/mol. The minimum absolute atomic E-state index is 0.0378. The first kappa shape index (κ1) is 18.4. The molecule has 1 heterocycles. The second kappa shape index (κ2) is 8.28. The van der Waals surface area contributed by atoms with E-state index in [9.17, 15) is 9.59 Å². The van der Waals surface area contributed by atoms with Crippen LogP contribution in [0.1, 0.15) is 39.5 Å². The molecular formula is C17H28N4O3. The first-order valence-corrected chi connectivity index (χ1v) is 8.48. The van der Waals surface area contributed by atoms with Crippen molar-refractivity contribution >= 4 is 18.0 Å². The molecular weight excluding hydrogens is 308 g/mol. The van der Waals surface area contributed by atoms with Gasteiger partial charge >= 0.3 is 0 Å². The number of nitrogens with zero attached hydrogens (tertiary/aromatic N) is 3. The maximum atomic E-state index is 12.2. The van der Waals surface area contributed by atoms with Gasteiger partial charge in [-0.05, 0) is 31.1 Å². The molecule has 0 unspecified atom stereocenters. The molecule has 0 aromatic carbocycles. The van der Waals surface area contributed by atoms with Crippen molar-refractivity contribution in [2.75, 3.05) is 25.5 Å². The van der Waals surface area contributed by atoms with Crippen molar-refractivity contribution in [2.45, 2.75) is 52.2 Å². The molecule has 7 heteroatoms. The van der Waals surface area contributed by atoms with Crippen molar-refractivity contribution in [2.24, 2.45) is 5.41 Å². The van der Waals surface area contributed by atoms with Crippen LogP contribution in [-0.2, 0) is 20.9 Å². The molecule has 1 saturated carbocycles. The van der Waals surface area contributed by atoms with Gasteiger partial charge in [-0.3, -0.25) is 14.3 Å². The Labute approximate surface area is 143 Å². The number of amides is 2. The number of aromatic nitrogens is 2. The summed E-state index contributed by atoms with van der Waals surface area (Å²) in [6, 6.07) is 0. The number of ether oxygens (including phenoxy) is 1. The first-order valence-electron chi connectivity index (χ1n) is 8.48. The molecule has 1 aromatic heterocycles. The van der Waals surface area contributed by atoms with Gasteiger partial charge in [0.05, 0.1) is 24.6 Å². The minimum atomic E-state index is -0.0378. The first-order chi connectivity index (χ1) is 11.4. The van der Waals surface area contributed by atoms with Gasteiger partial charge in [-0.1, -0.05) is 13.8 Å². The number of hydrogen-bond donors (Lipinski definition) is 1. The largest absolute Gasteiger partial charge is 0.376 e. The standard InChI is InChI=1S/C17H28N4O3/c1-17(2)6-4-15(5-7-17)24-9-8-20(3)16(23)12-21-11-14(10-19-21)18-13-22/h10-11,13,15H,4-9,12H2,1-3H3,(H,18,22). The summed E-state index contributed by atoms with van der Waals surface area (Å²) in [7, 11) is 1.77. The van der Waals surface area contributed by atoms with Crippen LogP contribution >= 0.6 is 0 Å². The highest BCUT2D eigenvalue weighted by Crippen LogP contribution is 2.36. The van der Waals surface area contributed by atoms with Crippen LogP contribution in [-0.4, -0.2) is 53.3 Å². The van der Waals surface area contributed by atoms with Crippen LogP contribution in [0.5, 0.6) is 0 Å². The van der Waals surface area contributed by atoms with Crippen molar-refractivity contribution < 1.29 is 14.3 Å². The quantitative estimate of drug-likeness (QED) is 0.736. The molecule has 0 saturated heterocycles. The third kappa shape index (κ3) is 5.63. The number of rotatable bonds is 8. The molecule has 1 aromatic rings. The van der Waals surface area contributed by atoms with Crippen LogP contribution < -0.4 is 5.32 Å². The predicted octanol–water partition coefficient (Wildman–Crippen LogP) is 1.90. The molecule has 7 nitrogen and oxygen atoms in total. The molecule has 0 atom stereocenters. The molecule has 2 rings (SSSR count). The SMILES string of the molecule is CN(CCOC1CCC(C)(C)CC1)C(=O)Cn1cc(NC=O)cn1. The van der Waals surface area contributed by atoms with E-state index >= 15 is 0 Å².